The fourth-order valence-corrected chi connectivity index (χ4v) is 3.82. The molecule has 1 saturated heterocycles. The molecular weight excluding hydrogens is 328 g/mol. The van der Waals surface area contributed by atoms with Crippen LogP contribution >= 0.6 is 0 Å². The molecule has 0 aromatic rings. The summed E-state index contributed by atoms with van der Waals surface area (Å²) < 4.78 is 23.3. The summed E-state index contributed by atoms with van der Waals surface area (Å²) in [6.45, 7) is 12.4. The van der Waals surface area contributed by atoms with Crippen molar-refractivity contribution in [3.8, 4) is 0 Å². The summed E-state index contributed by atoms with van der Waals surface area (Å²) in [6.07, 6.45) is 12.6. The van der Waals surface area contributed by atoms with E-state index < -0.39 is 5.79 Å². The van der Waals surface area contributed by atoms with Crippen LogP contribution in [0.5, 0.6) is 0 Å². The Morgan fingerprint density at radius 2 is 1.50 bits per heavy atom. The average molecular weight is 373 g/mol. The molecule has 1 rings (SSSR count). The summed E-state index contributed by atoms with van der Waals surface area (Å²) >= 11 is 0. The molecule has 0 spiro atoms. The molecular formula is C22H44O4. The van der Waals surface area contributed by atoms with Crippen LogP contribution in [0.3, 0.4) is 0 Å². The van der Waals surface area contributed by atoms with Gasteiger partial charge < -0.3 is 18.9 Å². The molecule has 0 N–H and O–H groups in total. The number of rotatable bonds is 19. The van der Waals surface area contributed by atoms with Gasteiger partial charge >= 0.3 is 0 Å². The summed E-state index contributed by atoms with van der Waals surface area (Å²) in [5, 5.41) is 0. The van der Waals surface area contributed by atoms with Crippen molar-refractivity contribution in [3.05, 3.63) is 0 Å². The highest BCUT2D eigenvalue weighted by molar-refractivity contribution is 4.79. The monoisotopic (exact) mass is 372 g/mol. The van der Waals surface area contributed by atoms with Gasteiger partial charge in [-0.1, -0.05) is 52.4 Å². The number of unbranched alkanes of at least 4 members (excludes halogenated alkanes) is 5. The van der Waals surface area contributed by atoms with E-state index in [1.807, 2.05) is 0 Å². The van der Waals surface area contributed by atoms with E-state index in [4.69, 9.17) is 18.9 Å². The predicted molar refractivity (Wildman–Crippen MR) is 108 cm³/mol. The Labute approximate surface area is 162 Å². The number of hydrogen-bond donors (Lipinski definition) is 0. The van der Waals surface area contributed by atoms with Crippen molar-refractivity contribution in [2.24, 2.45) is 5.92 Å². The smallest absolute Gasteiger partial charge is 0.170 e. The van der Waals surface area contributed by atoms with E-state index in [0.29, 0.717) is 25.2 Å². The van der Waals surface area contributed by atoms with E-state index in [1.165, 1.54) is 44.9 Å². The van der Waals surface area contributed by atoms with Gasteiger partial charge in [-0.2, -0.15) is 0 Å². The fourth-order valence-electron chi connectivity index (χ4n) is 3.82. The third-order valence-electron chi connectivity index (χ3n) is 5.35. The van der Waals surface area contributed by atoms with Crippen LogP contribution in [0.4, 0.5) is 0 Å². The zero-order chi connectivity index (χ0) is 19.1. The van der Waals surface area contributed by atoms with Crippen molar-refractivity contribution in [1.29, 1.82) is 0 Å². The SMILES string of the molecule is CCCCCCCC[C@H](CCCOCC1CO1)C(CC)(OCC)OCC. The second kappa shape index (κ2) is 14.8. The minimum atomic E-state index is -0.424. The molecule has 1 aliphatic heterocycles. The molecule has 1 unspecified atom stereocenters. The van der Waals surface area contributed by atoms with E-state index in [-0.39, 0.29) is 0 Å². The number of hydrogen-bond acceptors (Lipinski definition) is 4. The van der Waals surface area contributed by atoms with Gasteiger partial charge in [-0.15, -0.1) is 0 Å². The fraction of sp³-hybridized carbons (Fsp3) is 1.00. The van der Waals surface area contributed by atoms with E-state index >= 15 is 0 Å². The molecule has 26 heavy (non-hydrogen) atoms. The van der Waals surface area contributed by atoms with Gasteiger partial charge in [-0.25, -0.2) is 0 Å². The van der Waals surface area contributed by atoms with Crippen LogP contribution < -0.4 is 0 Å². The molecule has 1 aliphatic rings. The topological polar surface area (TPSA) is 40.2 Å². The molecule has 0 bridgehead atoms. The van der Waals surface area contributed by atoms with Crippen LogP contribution in [0.2, 0.25) is 0 Å². The summed E-state index contributed by atoms with van der Waals surface area (Å²) in [7, 11) is 0. The van der Waals surface area contributed by atoms with Crippen molar-refractivity contribution in [2.45, 2.75) is 104 Å². The van der Waals surface area contributed by atoms with E-state index in [2.05, 4.69) is 27.7 Å². The van der Waals surface area contributed by atoms with Crippen molar-refractivity contribution < 1.29 is 18.9 Å². The Kier molecular flexibility index (Phi) is 13.6. The molecule has 0 aromatic heterocycles. The molecule has 0 aliphatic carbocycles. The highest BCUT2D eigenvalue weighted by atomic mass is 16.7. The van der Waals surface area contributed by atoms with Crippen molar-refractivity contribution >= 4 is 0 Å². The molecule has 4 nitrogen and oxygen atoms in total. The lowest BCUT2D eigenvalue weighted by Gasteiger charge is -2.40. The summed E-state index contributed by atoms with van der Waals surface area (Å²) in [6, 6.07) is 0. The van der Waals surface area contributed by atoms with Crippen LogP contribution in [0.25, 0.3) is 0 Å². The zero-order valence-corrected chi connectivity index (χ0v) is 17.9. The first-order chi connectivity index (χ1) is 12.7. The number of epoxide rings is 1. The quantitative estimate of drug-likeness (QED) is 0.165. The van der Waals surface area contributed by atoms with E-state index in [9.17, 15) is 0 Å². The van der Waals surface area contributed by atoms with Gasteiger partial charge in [0.05, 0.1) is 13.2 Å². The highest BCUT2D eigenvalue weighted by Gasteiger charge is 2.38. The molecule has 156 valence electrons. The Morgan fingerprint density at radius 3 is 2.08 bits per heavy atom. The van der Waals surface area contributed by atoms with Gasteiger partial charge in [-0.05, 0) is 39.5 Å². The molecule has 0 radical (unpaired) electrons. The van der Waals surface area contributed by atoms with Crippen LogP contribution in [0.1, 0.15) is 91.9 Å². The Hall–Kier alpha value is -0.160. The van der Waals surface area contributed by atoms with E-state index in [0.717, 1.165) is 39.1 Å². The molecule has 0 saturated carbocycles. The van der Waals surface area contributed by atoms with Crippen LogP contribution in [-0.4, -0.2) is 44.9 Å². The largest absolute Gasteiger partial charge is 0.379 e. The van der Waals surface area contributed by atoms with Crippen LogP contribution in [-0.2, 0) is 18.9 Å². The highest BCUT2D eigenvalue weighted by Crippen LogP contribution is 2.35. The van der Waals surface area contributed by atoms with E-state index in [1.54, 1.807) is 0 Å². The minimum absolute atomic E-state index is 0.357. The lowest BCUT2D eigenvalue weighted by molar-refractivity contribution is -0.268. The van der Waals surface area contributed by atoms with Crippen molar-refractivity contribution in [2.75, 3.05) is 33.0 Å². The summed E-state index contributed by atoms with van der Waals surface area (Å²) in [5.41, 5.74) is 0. The van der Waals surface area contributed by atoms with Crippen LogP contribution in [0, 0.1) is 5.92 Å². The average Bonchev–Trinajstić information content (AvgIpc) is 3.46. The molecule has 0 aromatic carbocycles. The molecule has 0 amide bonds. The molecule has 2 atom stereocenters. The first-order valence-corrected chi connectivity index (χ1v) is 11.2. The van der Waals surface area contributed by atoms with Crippen molar-refractivity contribution in [3.63, 3.8) is 0 Å². The second-order valence-corrected chi connectivity index (χ2v) is 7.46. The normalized spacial score (nSPS) is 18.2. The predicted octanol–water partition coefficient (Wildman–Crippen LogP) is 5.73. The van der Waals surface area contributed by atoms with Crippen LogP contribution in [0.15, 0.2) is 0 Å². The maximum absolute atomic E-state index is 6.20. The third kappa shape index (κ3) is 9.68. The van der Waals surface area contributed by atoms with Gasteiger partial charge in [0.15, 0.2) is 5.79 Å². The third-order valence-corrected chi connectivity index (χ3v) is 5.35. The lowest BCUT2D eigenvalue weighted by Crippen LogP contribution is -2.43. The molecule has 4 heteroatoms. The Balaban J connectivity index is 2.46. The second-order valence-electron chi connectivity index (χ2n) is 7.46. The van der Waals surface area contributed by atoms with Crippen molar-refractivity contribution in [1.82, 2.24) is 0 Å². The Bertz CT molecular complexity index is 311. The molecule has 1 fully saturated rings. The summed E-state index contributed by atoms with van der Waals surface area (Å²) in [4.78, 5) is 0. The minimum Gasteiger partial charge on any atom is -0.379 e. The first kappa shape index (κ1) is 23.9. The summed E-state index contributed by atoms with van der Waals surface area (Å²) in [5.74, 6) is 0.0198. The van der Waals surface area contributed by atoms with Gasteiger partial charge in [0, 0.05) is 25.7 Å². The zero-order valence-electron chi connectivity index (χ0n) is 17.9. The number of ether oxygens (including phenoxy) is 4. The maximum atomic E-state index is 6.20. The maximum Gasteiger partial charge on any atom is 0.170 e. The Morgan fingerprint density at radius 1 is 0.885 bits per heavy atom. The van der Waals surface area contributed by atoms with Gasteiger partial charge in [-0.3, -0.25) is 0 Å². The van der Waals surface area contributed by atoms with Gasteiger partial charge in [0.25, 0.3) is 0 Å². The lowest BCUT2D eigenvalue weighted by atomic mass is 9.86. The van der Waals surface area contributed by atoms with Gasteiger partial charge in [0.1, 0.15) is 6.10 Å². The standard InChI is InChI=1S/C22H44O4/c1-5-9-10-11-12-13-15-20(16-14-17-23-18-21-19-24-21)22(6-2,25-7-3)26-8-4/h20-21H,5-19H2,1-4H3/t20-,21?/m1/s1. The van der Waals surface area contributed by atoms with Gasteiger partial charge in [0.2, 0.25) is 0 Å². The first-order valence-electron chi connectivity index (χ1n) is 11.2. The molecule has 1 heterocycles.